The Morgan fingerprint density at radius 3 is 2.68 bits per heavy atom. The zero-order valence-corrected chi connectivity index (χ0v) is 10.5. The van der Waals surface area contributed by atoms with Crippen molar-refractivity contribution in [3.8, 4) is 11.5 Å². The van der Waals surface area contributed by atoms with Gasteiger partial charge in [-0.15, -0.1) is 10.2 Å². The van der Waals surface area contributed by atoms with Gasteiger partial charge in [0.15, 0.2) is 11.5 Å². The lowest BCUT2D eigenvalue weighted by atomic mass is 10.2. The van der Waals surface area contributed by atoms with Gasteiger partial charge in [0.2, 0.25) is 0 Å². The van der Waals surface area contributed by atoms with E-state index in [0.29, 0.717) is 11.5 Å². The van der Waals surface area contributed by atoms with Gasteiger partial charge in [-0.2, -0.15) is 5.10 Å². The molecule has 1 heterocycles. The molecule has 7 nitrogen and oxygen atoms in total. The largest absolute Gasteiger partial charge is 0.493 e. The van der Waals surface area contributed by atoms with Crippen molar-refractivity contribution < 1.29 is 14.3 Å². The predicted octanol–water partition coefficient (Wildman–Crippen LogP) is 1.09. The monoisotopic (exact) mass is 260 g/mol. The fourth-order valence-corrected chi connectivity index (χ4v) is 1.39. The summed E-state index contributed by atoms with van der Waals surface area (Å²) in [6.45, 7) is 1.33. The van der Waals surface area contributed by atoms with Crippen molar-refractivity contribution in [2.45, 2.75) is 6.92 Å². The summed E-state index contributed by atoms with van der Waals surface area (Å²) in [5, 5.41) is 11.4. The van der Waals surface area contributed by atoms with Crippen LogP contribution < -0.4 is 9.47 Å². The highest BCUT2D eigenvalue weighted by molar-refractivity contribution is 5.81. The molecule has 1 aromatic heterocycles. The number of carbonyl (C=O) groups excluding carboxylic acids is 1. The Morgan fingerprint density at radius 1 is 1.32 bits per heavy atom. The summed E-state index contributed by atoms with van der Waals surface area (Å²) in [4.78, 5) is 10.9. The molecule has 0 aliphatic carbocycles. The van der Waals surface area contributed by atoms with E-state index in [9.17, 15) is 4.79 Å². The molecule has 0 atom stereocenters. The van der Waals surface area contributed by atoms with Crippen LogP contribution in [-0.2, 0) is 4.79 Å². The van der Waals surface area contributed by atoms with Gasteiger partial charge in [-0.3, -0.25) is 4.79 Å². The summed E-state index contributed by atoms with van der Waals surface area (Å²) >= 11 is 0. The standard InChI is InChI=1S/C12H12N4O3/c1-9(17)19-11-4-3-10(5-12(11)18-2)6-15-16-7-13-14-8-16/h3-8H,1-2H3/b15-6+. The summed E-state index contributed by atoms with van der Waals surface area (Å²) in [5.74, 6) is 0.434. The van der Waals surface area contributed by atoms with Crippen molar-refractivity contribution in [3.05, 3.63) is 36.4 Å². The van der Waals surface area contributed by atoms with Crippen LogP contribution in [-0.4, -0.2) is 34.2 Å². The van der Waals surface area contributed by atoms with Gasteiger partial charge in [-0.25, -0.2) is 4.68 Å². The molecule has 98 valence electrons. The van der Waals surface area contributed by atoms with Gasteiger partial charge in [0.05, 0.1) is 13.3 Å². The molecule has 0 bridgehead atoms. The summed E-state index contributed by atoms with van der Waals surface area (Å²) in [6.07, 6.45) is 4.56. The van der Waals surface area contributed by atoms with E-state index in [4.69, 9.17) is 9.47 Å². The van der Waals surface area contributed by atoms with Crippen LogP contribution in [0.1, 0.15) is 12.5 Å². The van der Waals surface area contributed by atoms with Crippen molar-refractivity contribution in [1.29, 1.82) is 0 Å². The summed E-state index contributed by atoms with van der Waals surface area (Å²) in [6, 6.07) is 5.12. The Balaban J connectivity index is 2.21. The molecule has 0 aliphatic rings. The Morgan fingerprint density at radius 2 is 2.05 bits per heavy atom. The maximum absolute atomic E-state index is 10.9. The number of hydrogen-bond acceptors (Lipinski definition) is 6. The SMILES string of the molecule is COc1cc(/C=N/n2cnnc2)ccc1OC(C)=O. The molecule has 0 amide bonds. The third-order valence-corrected chi connectivity index (χ3v) is 2.19. The Bertz CT molecular complexity index is 593. The van der Waals surface area contributed by atoms with E-state index in [1.54, 1.807) is 24.4 Å². The average molecular weight is 260 g/mol. The smallest absolute Gasteiger partial charge is 0.308 e. The van der Waals surface area contributed by atoms with Gasteiger partial charge in [-0.05, 0) is 23.8 Å². The van der Waals surface area contributed by atoms with Gasteiger partial charge < -0.3 is 9.47 Å². The number of carbonyl (C=O) groups is 1. The van der Waals surface area contributed by atoms with Crippen LogP contribution in [0.5, 0.6) is 11.5 Å². The average Bonchev–Trinajstić information content (AvgIpc) is 2.90. The molecular formula is C12H12N4O3. The second kappa shape index (κ2) is 5.76. The molecule has 0 saturated heterocycles. The highest BCUT2D eigenvalue weighted by Gasteiger charge is 2.07. The number of methoxy groups -OCH3 is 1. The molecular weight excluding hydrogens is 248 g/mol. The number of hydrogen-bond donors (Lipinski definition) is 0. The first-order chi connectivity index (χ1) is 9.19. The molecule has 0 fully saturated rings. The second-order valence-corrected chi connectivity index (χ2v) is 3.59. The fourth-order valence-electron chi connectivity index (χ4n) is 1.39. The molecule has 2 aromatic rings. The molecule has 1 aromatic carbocycles. The normalized spacial score (nSPS) is 10.6. The summed E-state index contributed by atoms with van der Waals surface area (Å²) < 4.78 is 11.6. The van der Waals surface area contributed by atoms with E-state index in [0.717, 1.165) is 5.56 Å². The highest BCUT2D eigenvalue weighted by atomic mass is 16.6. The van der Waals surface area contributed by atoms with Gasteiger partial charge in [-0.1, -0.05) is 0 Å². The highest BCUT2D eigenvalue weighted by Crippen LogP contribution is 2.27. The first-order valence-corrected chi connectivity index (χ1v) is 5.44. The zero-order valence-electron chi connectivity index (χ0n) is 10.5. The number of ether oxygens (including phenoxy) is 2. The van der Waals surface area contributed by atoms with Crippen molar-refractivity contribution >= 4 is 12.2 Å². The van der Waals surface area contributed by atoms with E-state index in [2.05, 4.69) is 15.3 Å². The van der Waals surface area contributed by atoms with Crippen LogP contribution in [0.3, 0.4) is 0 Å². The van der Waals surface area contributed by atoms with Crippen molar-refractivity contribution in [3.63, 3.8) is 0 Å². The minimum Gasteiger partial charge on any atom is -0.493 e. The number of rotatable bonds is 4. The van der Waals surface area contributed by atoms with Gasteiger partial charge in [0.1, 0.15) is 12.7 Å². The topological polar surface area (TPSA) is 78.6 Å². The number of aromatic nitrogens is 3. The summed E-state index contributed by atoms with van der Waals surface area (Å²) in [7, 11) is 1.50. The third-order valence-electron chi connectivity index (χ3n) is 2.19. The number of benzene rings is 1. The van der Waals surface area contributed by atoms with E-state index < -0.39 is 5.97 Å². The van der Waals surface area contributed by atoms with Gasteiger partial charge in [0, 0.05) is 6.92 Å². The van der Waals surface area contributed by atoms with Crippen LogP contribution in [0, 0.1) is 0 Å². The Hall–Kier alpha value is -2.70. The number of esters is 1. The molecule has 0 spiro atoms. The molecule has 2 rings (SSSR count). The first kappa shape index (κ1) is 12.7. The summed E-state index contributed by atoms with van der Waals surface area (Å²) in [5.41, 5.74) is 0.793. The molecule has 0 saturated carbocycles. The quantitative estimate of drug-likeness (QED) is 0.467. The molecule has 19 heavy (non-hydrogen) atoms. The van der Waals surface area contributed by atoms with E-state index in [1.807, 2.05) is 0 Å². The van der Waals surface area contributed by atoms with Crippen LogP contribution in [0.25, 0.3) is 0 Å². The number of nitrogens with zero attached hydrogens (tertiary/aromatic N) is 4. The lowest BCUT2D eigenvalue weighted by Crippen LogP contribution is -2.03. The maximum Gasteiger partial charge on any atom is 0.308 e. The second-order valence-electron chi connectivity index (χ2n) is 3.59. The van der Waals surface area contributed by atoms with Crippen molar-refractivity contribution in [2.24, 2.45) is 5.10 Å². The van der Waals surface area contributed by atoms with Crippen molar-refractivity contribution in [1.82, 2.24) is 14.9 Å². The fraction of sp³-hybridized carbons (Fsp3) is 0.167. The molecule has 0 radical (unpaired) electrons. The lowest BCUT2D eigenvalue weighted by molar-refractivity contribution is -0.132. The van der Waals surface area contributed by atoms with Crippen LogP contribution in [0.4, 0.5) is 0 Å². The van der Waals surface area contributed by atoms with Crippen molar-refractivity contribution in [2.75, 3.05) is 7.11 Å². The lowest BCUT2D eigenvalue weighted by Gasteiger charge is -2.08. The van der Waals surface area contributed by atoms with E-state index >= 15 is 0 Å². The first-order valence-electron chi connectivity index (χ1n) is 5.44. The van der Waals surface area contributed by atoms with E-state index in [-0.39, 0.29) is 0 Å². The Labute approximate surface area is 109 Å². The minimum atomic E-state index is -0.399. The third kappa shape index (κ3) is 3.38. The van der Waals surface area contributed by atoms with E-state index in [1.165, 1.54) is 31.4 Å². The molecule has 0 aliphatic heterocycles. The molecule has 0 unspecified atom stereocenters. The maximum atomic E-state index is 10.9. The van der Waals surface area contributed by atoms with Crippen LogP contribution >= 0.6 is 0 Å². The van der Waals surface area contributed by atoms with Gasteiger partial charge >= 0.3 is 5.97 Å². The zero-order chi connectivity index (χ0) is 13.7. The molecule has 7 heteroatoms. The molecule has 0 N–H and O–H groups in total. The van der Waals surface area contributed by atoms with Crippen LogP contribution in [0.2, 0.25) is 0 Å². The minimum absolute atomic E-state index is 0.372. The van der Waals surface area contributed by atoms with Gasteiger partial charge in [0.25, 0.3) is 0 Å². The van der Waals surface area contributed by atoms with Crippen LogP contribution in [0.15, 0.2) is 36.0 Å². The predicted molar refractivity (Wildman–Crippen MR) is 67.3 cm³/mol. The Kier molecular flexibility index (Phi) is 3.87.